The summed E-state index contributed by atoms with van der Waals surface area (Å²) < 4.78 is 5.57. The molecule has 1 aliphatic carbocycles. The molecule has 3 heterocycles. The summed E-state index contributed by atoms with van der Waals surface area (Å²) in [6.45, 7) is 5.02. The van der Waals surface area contributed by atoms with Crippen molar-refractivity contribution in [1.29, 1.82) is 0 Å². The smallest absolute Gasteiger partial charge is 0.162 e. The van der Waals surface area contributed by atoms with Crippen LogP contribution in [0.1, 0.15) is 23.6 Å². The van der Waals surface area contributed by atoms with Gasteiger partial charge in [0.25, 0.3) is 0 Å². The first-order valence-electron chi connectivity index (χ1n) is 6.73. The fourth-order valence-corrected chi connectivity index (χ4v) is 3.32. The quantitative estimate of drug-likeness (QED) is 0.808. The second kappa shape index (κ2) is 3.79. The normalized spacial score (nSPS) is 28.8. The SMILES string of the molecule is Cc1nc(C2=CC3CNCC3C2)nc2c1OCC2. The molecule has 2 unspecified atom stereocenters. The lowest BCUT2D eigenvalue weighted by molar-refractivity contribution is 0.353. The highest BCUT2D eigenvalue weighted by atomic mass is 16.5. The molecular formula is C14H17N3O. The first-order valence-corrected chi connectivity index (χ1v) is 6.73. The van der Waals surface area contributed by atoms with Gasteiger partial charge in [0.05, 0.1) is 18.0 Å². The lowest BCUT2D eigenvalue weighted by Crippen LogP contribution is -2.09. The molecule has 1 saturated heterocycles. The highest BCUT2D eigenvalue weighted by Crippen LogP contribution is 2.38. The van der Waals surface area contributed by atoms with E-state index < -0.39 is 0 Å². The van der Waals surface area contributed by atoms with E-state index in [2.05, 4.69) is 16.4 Å². The van der Waals surface area contributed by atoms with Crippen molar-refractivity contribution in [2.75, 3.05) is 19.7 Å². The van der Waals surface area contributed by atoms with Crippen molar-refractivity contribution in [3.8, 4) is 5.75 Å². The molecule has 4 rings (SSSR count). The Morgan fingerprint density at radius 2 is 2.28 bits per heavy atom. The number of aromatic nitrogens is 2. The Labute approximate surface area is 106 Å². The minimum atomic E-state index is 0.688. The number of allylic oxidation sites excluding steroid dienone is 1. The third kappa shape index (κ3) is 1.48. The molecule has 2 atom stereocenters. The summed E-state index contributed by atoms with van der Waals surface area (Å²) in [5, 5.41) is 3.44. The molecule has 0 aromatic carbocycles. The van der Waals surface area contributed by atoms with Gasteiger partial charge in [-0.05, 0) is 37.3 Å². The number of aryl methyl sites for hydroxylation is 1. The second-order valence-electron chi connectivity index (χ2n) is 5.49. The Kier molecular flexibility index (Phi) is 2.21. The zero-order valence-electron chi connectivity index (χ0n) is 10.6. The van der Waals surface area contributed by atoms with Crippen LogP contribution in [0.15, 0.2) is 6.08 Å². The third-order valence-electron chi connectivity index (χ3n) is 4.27. The van der Waals surface area contributed by atoms with Crippen LogP contribution in [0.25, 0.3) is 5.57 Å². The van der Waals surface area contributed by atoms with E-state index in [0.29, 0.717) is 5.92 Å². The van der Waals surface area contributed by atoms with E-state index in [-0.39, 0.29) is 0 Å². The molecule has 0 radical (unpaired) electrons. The molecule has 4 nitrogen and oxygen atoms in total. The second-order valence-corrected chi connectivity index (χ2v) is 5.49. The van der Waals surface area contributed by atoms with Gasteiger partial charge in [0, 0.05) is 13.0 Å². The predicted molar refractivity (Wildman–Crippen MR) is 68.4 cm³/mol. The highest BCUT2D eigenvalue weighted by Gasteiger charge is 2.33. The van der Waals surface area contributed by atoms with Gasteiger partial charge in [-0.15, -0.1) is 0 Å². The molecule has 2 aliphatic heterocycles. The monoisotopic (exact) mass is 243 g/mol. The molecule has 0 amide bonds. The average Bonchev–Trinajstić information content (AvgIpc) is 3.02. The van der Waals surface area contributed by atoms with Crippen LogP contribution < -0.4 is 10.1 Å². The maximum Gasteiger partial charge on any atom is 0.162 e. The van der Waals surface area contributed by atoms with E-state index in [0.717, 1.165) is 61.4 Å². The summed E-state index contributed by atoms with van der Waals surface area (Å²) in [7, 11) is 0. The first kappa shape index (κ1) is 10.5. The largest absolute Gasteiger partial charge is 0.489 e. The topological polar surface area (TPSA) is 47.0 Å². The lowest BCUT2D eigenvalue weighted by Gasteiger charge is -2.08. The van der Waals surface area contributed by atoms with Gasteiger partial charge >= 0.3 is 0 Å². The number of rotatable bonds is 1. The first-order chi connectivity index (χ1) is 8.81. The standard InChI is InChI=1S/C14H17N3O/c1-8-13-12(2-3-18-13)17-14(16-8)9-4-10-6-15-7-11(10)5-9/h4,10-11,15H,2-3,5-7H2,1H3. The Morgan fingerprint density at radius 3 is 3.17 bits per heavy atom. The highest BCUT2D eigenvalue weighted by molar-refractivity contribution is 5.64. The molecule has 1 aromatic heterocycles. The molecule has 4 heteroatoms. The van der Waals surface area contributed by atoms with Crippen LogP contribution in [-0.4, -0.2) is 29.7 Å². The van der Waals surface area contributed by atoms with Crippen LogP contribution in [0.3, 0.4) is 0 Å². The summed E-state index contributed by atoms with van der Waals surface area (Å²) in [5.74, 6) is 3.30. The van der Waals surface area contributed by atoms with Crippen molar-refractivity contribution >= 4 is 5.57 Å². The van der Waals surface area contributed by atoms with Gasteiger partial charge in [0.15, 0.2) is 11.6 Å². The van der Waals surface area contributed by atoms with Gasteiger partial charge in [-0.2, -0.15) is 0 Å². The number of ether oxygens (including phenoxy) is 1. The van der Waals surface area contributed by atoms with E-state index in [1.54, 1.807) is 0 Å². The van der Waals surface area contributed by atoms with Crippen molar-refractivity contribution in [2.45, 2.75) is 19.8 Å². The molecular weight excluding hydrogens is 226 g/mol. The molecule has 0 saturated carbocycles. The summed E-state index contributed by atoms with van der Waals surface area (Å²) in [6.07, 6.45) is 4.42. The minimum absolute atomic E-state index is 0.688. The van der Waals surface area contributed by atoms with Gasteiger partial charge in [-0.25, -0.2) is 9.97 Å². The number of hydrogen-bond acceptors (Lipinski definition) is 4. The Hall–Kier alpha value is -1.42. The van der Waals surface area contributed by atoms with Crippen LogP contribution in [-0.2, 0) is 6.42 Å². The van der Waals surface area contributed by atoms with Gasteiger partial charge in [-0.1, -0.05) is 6.08 Å². The maximum absolute atomic E-state index is 5.57. The van der Waals surface area contributed by atoms with Crippen LogP contribution in [0, 0.1) is 18.8 Å². The average molecular weight is 243 g/mol. The van der Waals surface area contributed by atoms with Crippen molar-refractivity contribution in [1.82, 2.24) is 15.3 Å². The van der Waals surface area contributed by atoms with Crippen LogP contribution in [0.4, 0.5) is 0 Å². The van der Waals surface area contributed by atoms with Crippen molar-refractivity contribution < 1.29 is 4.74 Å². The van der Waals surface area contributed by atoms with Crippen molar-refractivity contribution in [3.05, 3.63) is 23.3 Å². The zero-order valence-corrected chi connectivity index (χ0v) is 10.6. The van der Waals surface area contributed by atoms with Crippen LogP contribution in [0.5, 0.6) is 5.75 Å². The fourth-order valence-electron chi connectivity index (χ4n) is 3.32. The summed E-state index contributed by atoms with van der Waals surface area (Å²) in [5.41, 5.74) is 3.42. The fraction of sp³-hybridized carbons (Fsp3) is 0.571. The maximum atomic E-state index is 5.57. The van der Waals surface area contributed by atoms with E-state index in [9.17, 15) is 0 Å². The zero-order chi connectivity index (χ0) is 12.1. The summed E-state index contributed by atoms with van der Waals surface area (Å²) in [6, 6.07) is 0. The van der Waals surface area contributed by atoms with Crippen molar-refractivity contribution in [3.63, 3.8) is 0 Å². The number of nitrogens with zero attached hydrogens (tertiary/aromatic N) is 2. The predicted octanol–water partition coefficient (Wildman–Crippen LogP) is 1.34. The summed E-state index contributed by atoms with van der Waals surface area (Å²) >= 11 is 0. The van der Waals surface area contributed by atoms with Crippen molar-refractivity contribution in [2.24, 2.45) is 11.8 Å². The number of nitrogens with one attached hydrogen (secondary N) is 1. The molecule has 0 bridgehead atoms. The Morgan fingerprint density at radius 1 is 1.33 bits per heavy atom. The molecule has 18 heavy (non-hydrogen) atoms. The van der Waals surface area contributed by atoms with Gasteiger partial charge < -0.3 is 10.1 Å². The molecule has 0 spiro atoms. The number of fused-ring (bicyclic) bond motifs is 2. The van der Waals surface area contributed by atoms with Gasteiger partial charge in [0.1, 0.15) is 0 Å². The van der Waals surface area contributed by atoms with E-state index >= 15 is 0 Å². The molecule has 1 fully saturated rings. The minimum Gasteiger partial charge on any atom is -0.489 e. The molecule has 94 valence electrons. The lowest BCUT2D eigenvalue weighted by atomic mass is 10.00. The Bertz CT molecular complexity index is 538. The Balaban J connectivity index is 1.72. The third-order valence-corrected chi connectivity index (χ3v) is 4.27. The van der Waals surface area contributed by atoms with Gasteiger partial charge in [0.2, 0.25) is 0 Å². The number of hydrogen-bond donors (Lipinski definition) is 1. The molecule has 1 N–H and O–H groups in total. The van der Waals surface area contributed by atoms with Crippen LogP contribution in [0.2, 0.25) is 0 Å². The van der Waals surface area contributed by atoms with Crippen LogP contribution >= 0.6 is 0 Å². The van der Waals surface area contributed by atoms with Gasteiger partial charge in [-0.3, -0.25) is 0 Å². The summed E-state index contributed by atoms with van der Waals surface area (Å²) in [4.78, 5) is 9.33. The van der Waals surface area contributed by atoms with E-state index in [4.69, 9.17) is 9.72 Å². The molecule has 1 aromatic rings. The molecule has 3 aliphatic rings. The van der Waals surface area contributed by atoms with E-state index in [1.807, 2.05) is 6.92 Å². The van der Waals surface area contributed by atoms with E-state index in [1.165, 1.54) is 5.57 Å².